The molecular formula is C18H19Cl2NO2. The van der Waals surface area contributed by atoms with Gasteiger partial charge in [-0.3, -0.25) is 4.79 Å². The highest BCUT2D eigenvalue weighted by Crippen LogP contribution is 2.25. The van der Waals surface area contributed by atoms with E-state index >= 15 is 0 Å². The highest BCUT2D eigenvalue weighted by molar-refractivity contribution is 6.42. The first-order valence-electron chi connectivity index (χ1n) is 7.37. The van der Waals surface area contributed by atoms with Gasteiger partial charge < -0.3 is 10.1 Å². The van der Waals surface area contributed by atoms with Gasteiger partial charge in [0.25, 0.3) is 0 Å². The number of carbonyl (C=O) groups is 1. The monoisotopic (exact) mass is 351 g/mol. The Balaban J connectivity index is 1.92. The van der Waals surface area contributed by atoms with Crippen LogP contribution in [0.5, 0.6) is 5.75 Å². The smallest absolute Gasteiger partial charge is 0.220 e. The van der Waals surface area contributed by atoms with Crippen molar-refractivity contribution in [3.63, 3.8) is 0 Å². The Labute approximate surface area is 146 Å². The Kier molecular flexibility index (Phi) is 6.31. The summed E-state index contributed by atoms with van der Waals surface area (Å²) in [7, 11) is 1.62. The summed E-state index contributed by atoms with van der Waals surface area (Å²) in [5.41, 5.74) is 1.94. The van der Waals surface area contributed by atoms with Crippen molar-refractivity contribution in [3.8, 4) is 5.75 Å². The zero-order chi connectivity index (χ0) is 16.8. The minimum absolute atomic E-state index is 0.0190. The standard InChI is InChI=1S/C18H19Cl2NO2/c1-12(14-5-3-4-6-17(14)23-2)21-18(22)10-8-13-7-9-15(19)16(20)11-13/h3-7,9,11-12H,8,10H2,1-2H3,(H,21,22). The summed E-state index contributed by atoms with van der Waals surface area (Å²) in [6, 6.07) is 13.0. The van der Waals surface area contributed by atoms with Crippen LogP contribution in [-0.4, -0.2) is 13.0 Å². The highest BCUT2D eigenvalue weighted by atomic mass is 35.5. The number of amides is 1. The maximum absolute atomic E-state index is 12.1. The Morgan fingerprint density at radius 3 is 2.61 bits per heavy atom. The summed E-state index contributed by atoms with van der Waals surface area (Å²) in [6.45, 7) is 1.94. The molecule has 0 radical (unpaired) electrons. The average Bonchev–Trinajstić information content (AvgIpc) is 2.55. The normalized spacial score (nSPS) is 11.8. The van der Waals surface area contributed by atoms with E-state index in [1.165, 1.54) is 0 Å². The molecule has 0 aliphatic heterocycles. The van der Waals surface area contributed by atoms with Gasteiger partial charge in [-0.25, -0.2) is 0 Å². The Morgan fingerprint density at radius 2 is 1.91 bits per heavy atom. The number of carbonyl (C=O) groups excluding carboxylic acids is 1. The molecular weight excluding hydrogens is 333 g/mol. The second-order valence-corrected chi connectivity index (χ2v) is 6.09. The number of nitrogens with one attached hydrogen (secondary N) is 1. The van der Waals surface area contributed by atoms with Gasteiger partial charge in [0, 0.05) is 12.0 Å². The van der Waals surface area contributed by atoms with E-state index in [2.05, 4.69) is 5.32 Å². The molecule has 122 valence electrons. The fourth-order valence-corrected chi connectivity index (χ4v) is 2.69. The second kappa shape index (κ2) is 8.23. The molecule has 0 heterocycles. The van der Waals surface area contributed by atoms with Crippen LogP contribution in [0.15, 0.2) is 42.5 Å². The van der Waals surface area contributed by atoms with Crippen LogP contribution in [0.2, 0.25) is 10.0 Å². The number of halogens is 2. The number of benzene rings is 2. The van der Waals surface area contributed by atoms with Crippen molar-refractivity contribution in [2.24, 2.45) is 0 Å². The quantitative estimate of drug-likeness (QED) is 0.810. The molecule has 5 heteroatoms. The number of ether oxygens (including phenoxy) is 1. The number of rotatable bonds is 6. The van der Waals surface area contributed by atoms with E-state index in [1.54, 1.807) is 19.2 Å². The largest absolute Gasteiger partial charge is 0.496 e. The van der Waals surface area contributed by atoms with Gasteiger partial charge in [-0.05, 0) is 37.1 Å². The van der Waals surface area contributed by atoms with Gasteiger partial charge in [-0.2, -0.15) is 0 Å². The molecule has 2 aromatic rings. The van der Waals surface area contributed by atoms with Crippen LogP contribution in [0.4, 0.5) is 0 Å². The van der Waals surface area contributed by atoms with Crippen LogP contribution in [0, 0.1) is 0 Å². The maximum atomic E-state index is 12.1. The molecule has 23 heavy (non-hydrogen) atoms. The molecule has 3 nitrogen and oxygen atoms in total. The van der Waals surface area contributed by atoms with E-state index in [-0.39, 0.29) is 11.9 Å². The molecule has 0 bridgehead atoms. The van der Waals surface area contributed by atoms with Crippen LogP contribution in [0.1, 0.15) is 30.5 Å². The third-order valence-electron chi connectivity index (χ3n) is 3.61. The lowest BCUT2D eigenvalue weighted by Gasteiger charge is -2.17. The minimum atomic E-state index is -0.118. The predicted octanol–water partition coefficient (Wildman–Crippen LogP) is 4.81. The number of hydrogen-bond acceptors (Lipinski definition) is 2. The molecule has 1 atom stereocenters. The second-order valence-electron chi connectivity index (χ2n) is 5.28. The highest BCUT2D eigenvalue weighted by Gasteiger charge is 2.13. The summed E-state index contributed by atoms with van der Waals surface area (Å²) in [5.74, 6) is 0.749. The third-order valence-corrected chi connectivity index (χ3v) is 4.35. The van der Waals surface area contributed by atoms with E-state index in [9.17, 15) is 4.79 Å². The van der Waals surface area contributed by atoms with E-state index in [0.29, 0.717) is 22.9 Å². The average molecular weight is 352 g/mol. The number of para-hydroxylation sites is 1. The van der Waals surface area contributed by atoms with Crippen LogP contribution in [0.3, 0.4) is 0 Å². The third kappa shape index (κ3) is 4.88. The summed E-state index contributed by atoms with van der Waals surface area (Å²) >= 11 is 11.9. The van der Waals surface area contributed by atoms with Crippen molar-refractivity contribution < 1.29 is 9.53 Å². The van der Waals surface area contributed by atoms with Crippen molar-refractivity contribution in [1.82, 2.24) is 5.32 Å². The van der Waals surface area contributed by atoms with Gasteiger partial charge in [-0.15, -0.1) is 0 Å². The van der Waals surface area contributed by atoms with Crippen molar-refractivity contribution in [2.75, 3.05) is 7.11 Å². The summed E-state index contributed by atoms with van der Waals surface area (Å²) < 4.78 is 5.32. The molecule has 2 rings (SSSR count). The first-order chi connectivity index (χ1) is 11.0. The van der Waals surface area contributed by atoms with Crippen molar-refractivity contribution in [1.29, 1.82) is 0 Å². The molecule has 1 N–H and O–H groups in total. The van der Waals surface area contributed by atoms with Gasteiger partial charge in [0.05, 0.1) is 23.2 Å². The van der Waals surface area contributed by atoms with Crippen LogP contribution in [-0.2, 0) is 11.2 Å². The Hall–Kier alpha value is -1.71. The molecule has 1 amide bonds. The lowest BCUT2D eigenvalue weighted by atomic mass is 10.1. The molecule has 0 aromatic heterocycles. The van der Waals surface area contributed by atoms with Gasteiger partial charge in [-0.1, -0.05) is 47.5 Å². The molecule has 0 aliphatic rings. The molecule has 0 saturated carbocycles. The topological polar surface area (TPSA) is 38.3 Å². The fraction of sp³-hybridized carbons (Fsp3) is 0.278. The van der Waals surface area contributed by atoms with E-state index < -0.39 is 0 Å². The lowest BCUT2D eigenvalue weighted by molar-refractivity contribution is -0.121. The van der Waals surface area contributed by atoms with Crippen LogP contribution < -0.4 is 10.1 Å². The first-order valence-corrected chi connectivity index (χ1v) is 8.13. The first kappa shape index (κ1) is 17.6. The van der Waals surface area contributed by atoms with Gasteiger partial charge in [0.1, 0.15) is 5.75 Å². The summed E-state index contributed by atoms with van der Waals surface area (Å²) in [4.78, 5) is 12.1. The van der Waals surface area contributed by atoms with Crippen LogP contribution in [0.25, 0.3) is 0 Å². The maximum Gasteiger partial charge on any atom is 0.220 e. The molecule has 2 aromatic carbocycles. The van der Waals surface area contributed by atoms with Crippen LogP contribution >= 0.6 is 23.2 Å². The Morgan fingerprint density at radius 1 is 1.17 bits per heavy atom. The fourth-order valence-electron chi connectivity index (χ4n) is 2.37. The molecule has 0 aliphatic carbocycles. The van der Waals surface area contributed by atoms with E-state index in [4.69, 9.17) is 27.9 Å². The van der Waals surface area contributed by atoms with Crippen molar-refractivity contribution in [3.05, 3.63) is 63.6 Å². The number of methoxy groups -OCH3 is 1. The summed E-state index contributed by atoms with van der Waals surface area (Å²) in [6.07, 6.45) is 0.999. The van der Waals surface area contributed by atoms with Gasteiger partial charge >= 0.3 is 0 Å². The zero-order valence-corrected chi connectivity index (χ0v) is 14.6. The minimum Gasteiger partial charge on any atom is -0.496 e. The van der Waals surface area contributed by atoms with E-state index in [1.807, 2.05) is 37.3 Å². The Bertz CT molecular complexity index is 688. The van der Waals surface area contributed by atoms with Crippen molar-refractivity contribution in [2.45, 2.75) is 25.8 Å². The SMILES string of the molecule is COc1ccccc1C(C)NC(=O)CCc1ccc(Cl)c(Cl)c1. The molecule has 1 unspecified atom stereocenters. The molecule has 0 saturated heterocycles. The molecule has 0 fully saturated rings. The predicted molar refractivity (Wildman–Crippen MR) is 94.3 cm³/mol. The molecule has 0 spiro atoms. The lowest BCUT2D eigenvalue weighted by Crippen LogP contribution is -2.27. The number of aryl methyl sites for hydroxylation is 1. The summed E-state index contributed by atoms with van der Waals surface area (Å²) in [5, 5.41) is 4.01. The van der Waals surface area contributed by atoms with Gasteiger partial charge in [0.2, 0.25) is 5.91 Å². The van der Waals surface area contributed by atoms with Gasteiger partial charge in [0.15, 0.2) is 0 Å². The number of hydrogen-bond donors (Lipinski definition) is 1. The van der Waals surface area contributed by atoms with Crippen molar-refractivity contribution >= 4 is 29.1 Å². The van der Waals surface area contributed by atoms with E-state index in [0.717, 1.165) is 16.9 Å². The zero-order valence-electron chi connectivity index (χ0n) is 13.1.